The average molecular weight is 322 g/mol. The third-order valence-electron chi connectivity index (χ3n) is 4.00. The van der Waals surface area contributed by atoms with E-state index in [1.54, 1.807) is 0 Å². The molecule has 1 heterocycles. The molecule has 0 unspecified atom stereocenters. The van der Waals surface area contributed by atoms with Crippen LogP contribution in [0.2, 0.25) is 0 Å². The number of aromatic amines is 1. The molecule has 124 valence electrons. The normalized spacial score (nSPS) is 10.7. The van der Waals surface area contributed by atoms with E-state index < -0.39 is 0 Å². The number of fused-ring (bicyclic) bond motifs is 1. The molecule has 4 heteroatoms. The highest BCUT2D eigenvalue weighted by atomic mass is 16.5. The summed E-state index contributed by atoms with van der Waals surface area (Å²) in [6, 6.07) is 16.0. The van der Waals surface area contributed by atoms with Crippen LogP contribution in [-0.2, 0) is 17.8 Å². The number of hydrogen-bond donors (Lipinski definition) is 2. The molecule has 0 atom stereocenters. The van der Waals surface area contributed by atoms with Crippen molar-refractivity contribution in [3.8, 4) is 5.75 Å². The van der Waals surface area contributed by atoms with Crippen molar-refractivity contribution >= 4 is 16.8 Å². The highest BCUT2D eigenvalue weighted by Gasteiger charge is 2.07. The van der Waals surface area contributed by atoms with Crippen LogP contribution in [0.3, 0.4) is 0 Å². The van der Waals surface area contributed by atoms with E-state index in [9.17, 15) is 4.79 Å². The standard InChI is InChI=1S/C20H22N2O2/c1-2-24-17-7-5-6-15(12-17)13-22-20(23)11-10-16-14-21-19-9-4-3-8-18(16)19/h3-9,12,14,21H,2,10-11,13H2,1H3,(H,22,23). The van der Waals surface area contributed by atoms with Gasteiger partial charge in [-0.05, 0) is 42.7 Å². The Bertz CT molecular complexity index is 823. The van der Waals surface area contributed by atoms with Crippen LogP contribution in [0.25, 0.3) is 10.9 Å². The summed E-state index contributed by atoms with van der Waals surface area (Å²) >= 11 is 0. The smallest absolute Gasteiger partial charge is 0.220 e. The summed E-state index contributed by atoms with van der Waals surface area (Å²) in [5, 5.41) is 4.16. The van der Waals surface area contributed by atoms with E-state index in [0.717, 1.165) is 23.3 Å². The van der Waals surface area contributed by atoms with Crippen LogP contribution in [0.4, 0.5) is 0 Å². The van der Waals surface area contributed by atoms with Crippen molar-refractivity contribution in [2.45, 2.75) is 26.3 Å². The molecule has 0 aliphatic heterocycles. The van der Waals surface area contributed by atoms with Gasteiger partial charge in [0.2, 0.25) is 5.91 Å². The van der Waals surface area contributed by atoms with E-state index in [2.05, 4.69) is 16.4 Å². The summed E-state index contributed by atoms with van der Waals surface area (Å²) in [5.41, 5.74) is 3.33. The van der Waals surface area contributed by atoms with Gasteiger partial charge in [0.25, 0.3) is 0 Å². The molecule has 1 amide bonds. The van der Waals surface area contributed by atoms with Gasteiger partial charge in [-0.15, -0.1) is 0 Å². The summed E-state index contributed by atoms with van der Waals surface area (Å²) < 4.78 is 5.47. The van der Waals surface area contributed by atoms with Gasteiger partial charge in [0.05, 0.1) is 6.61 Å². The lowest BCUT2D eigenvalue weighted by atomic mass is 10.1. The van der Waals surface area contributed by atoms with Gasteiger partial charge in [0.1, 0.15) is 5.75 Å². The Morgan fingerprint density at radius 2 is 2.04 bits per heavy atom. The number of amides is 1. The summed E-state index contributed by atoms with van der Waals surface area (Å²) in [4.78, 5) is 15.3. The van der Waals surface area contributed by atoms with Gasteiger partial charge in [-0.3, -0.25) is 4.79 Å². The molecule has 0 saturated heterocycles. The molecule has 0 radical (unpaired) electrons. The zero-order valence-electron chi connectivity index (χ0n) is 13.8. The predicted octanol–water partition coefficient (Wildman–Crippen LogP) is 3.82. The van der Waals surface area contributed by atoms with Crippen LogP contribution in [0.1, 0.15) is 24.5 Å². The van der Waals surface area contributed by atoms with Gasteiger partial charge in [0, 0.05) is 30.1 Å². The number of rotatable bonds is 7. The van der Waals surface area contributed by atoms with Gasteiger partial charge < -0.3 is 15.0 Å². The first-order valence-electron chi connectivity index (χ1n) is 8.29. The fourth-order valence-corrected chi connectivity index (χ4v) is 2.79. The number of carbonyl (C=O) groups excluding carboxylic acids is 1. The maximum atomic E-state index is 12.1. The summed E-state index contributed by atoms with van der Waals surface area (Å²) in [7, 11) is 0. The molecule has 0 aliphatic rings. The minimum Gasteiger partial charge on any atom is -0.494 e. The Kier molecular flexibility index (Phi) is 5.16. The number of nitrogens with one attached hydrogen (secondary N) is 2. The van der Waals surface area contributed by atoms with Crippen LogP contribution in [0.15, 0.2) is 54.7 Å². The molecule has 4 nitrogen and oxygen atoms in total. The molecule has 2 N–H and O–H groups in total. The monoisotopic (exact) mass is 322 g/mol. The Morgan fingerprint density at radius 1 is 1.17 bits per heavy atom. The van der Waals surface area contributed by atoms with E-state index >= 15 is 0 Å². The lowest BCUT2D eigenvalue weighted by Gasteiger charge is -2.08. The number of aromatic nitrogens is 1. The first kappa shape index (κ1) is 16.1. The Labute approximate surface area is 141 Å². The average Bonchev–Trinajstić information content (AvgIpc) is 3.02. The van der Waals surface area contributed by atoms with E-state index in [0.29, 0.717) is 19.6 Å². The fraction of sp³-hybridized carbons (Fsp3) is 0.250. The largest absolute Gasteiger partial charge is 0.494 e. The molecule has 0 saturated carbocycles. The van der Waals surface area contributed by atoms with Gasteiger partial charge >= 0.3 is 0 Å². The van der Waals surface area contributed by atoms with Crippen LogP contribution < -0.4 is 10.1 Å². The Balaban J connectivity index is 1.52. The number of carbonyl (C=O) groups is 1. The van der Waals surface area contributed by atoms with Gasteiger partial charge in [-0.25, -0.2) is 0 Å². The fourth-order valence-electron chi connectivity index (χ4n) is 2.79. The molecular formula is C20H22N2O2. The predicted molar refractivity (Wildman–Crippen MR) is 96.1 cm³/mol. The van der Waals surface area contributed by atoms with Crippen molar-refractivity contribution in [1.82, 2.24) is 10.3 Å². The zero-order chi connectivity index (χ0) is 16.8. The van der Waals surface area contributed by atoms with E-state index in [4.69, 9.17) is 4.74 Å². The molecule has 0 fully saturated rings. The summed E-state index contributed by atoms with van der Waals surface area (Å²) in [6.45, 7) is 3.12. The van der Waals surface area contributed by atoms with E-state index in [1.165, 1.54) is 10.9 Å². The Morgan fingerprint density at radius 3 is 2.92 bits per heavy atom. The van der Waals surface area contributed by atoms with Crippen LogP contribution in [0.5, 0.6) is 5.75 Å². The van der Waals surface area contributed by atoms with Crippen molar-refractivity contribution in [3.05, 3.63) is 65.9 Å². The van der Waals surface area contributed by atoms with Crippen molar-refractivity contribution in [3.63, 3.8) is 0 Å². The molecule has 0 bridgehead atoms. The van der Waals surface area contributed by atoms with E-state index in [1.807, 2.05) is 55.6 Å². The zero-order valence-corrected chi connectivity index (χ0v) is 13.8. The van der Waals surface area contributed by atoms with Crippen molar-refractivity contribution in [2.75, 3.05) is 6.61 Å². The second-order valence-electron chi connectivity index (χ2n) is 5.72. The first-order valence-corrected chi connectivity index (χ1v) is 8.29. The molecule has 3 rings (SSSR count). The van der Waals surface area contributed by atoms with Crippen molar-refractivity contribution < 1.29 is 9.53 Å². The number of hydrogen-bond acceptors (Lipinski definition) is 2. The number of aryl methyl sites for hydroxylation is 1. The topological polar surface area (TPSA) is 54.1 Å². The van der Waals surface area contributed by atoms with Crippen LogP contribution in [-0.4, -0.2) is 17.5 Å². The maximum Gasteiger partial charge on any atom is 0.220 e. The third-order valence-corrected chi connectivity index (χ3v) is 4.00. The van der Waals surface area contributed by atoms with Gasteiger partial charge in [-0.2, -0.15) is 0 Å². The molecule has 0 spiro atoms. The minimum atomic E-state index is 0.0575. The molecular weight excluding hydrogens is 300 g/mol. The van der Waals surface area contributed by atoms with Crippen LogP contribution >= 0.6 is 0 Å². The number of benzene rings is 2. The Hall–Kier alpha value is -2.75. The highest BCUT2D eigenvalue weighted by molar-refractivity contribution is 5.84. The van der Waals surface area contributed by atoms with Gasteiger partial charge in [0.15, 0.2) is 0 Å². The molecule has 2 aromatic carbocycles. The summed E-state index contributed by atoms with van der Waals surface area (Å²) in [6.07, 6.45) is 3.20. The lowest BCUT2D eigenvalue weighted by molar-refractivity contribution is -0.121. The molecule has 24 heavy (non-hydrogen) atoms. The quantitative estimate of drug-likeness (QED) is 0.695. The number of H-pyrrole nitrogens is 1. The first-order chi connectivity index (χ1) is 11.8. The maximum absolute atomic E-state index is 12.1. The minimum absolute atomic E-state index is 0.0575. The highest BCUT2D eigenvalue weighted by Crippen LogP contribution is 2.19. The summed E-state index contributed by atoms with van der Waals surface area (Å²) in [5.74, 6) is 0.894. The SMILES string of the molecule is CCOc1cccc(CNC(=O)CCc2c[nH]c3ccccc23)c1. The van der Waals surface area contributed by atoms with Crippen molar-refractivity contribution in [2.24, 2.45) is 0 Å². The second kappa shape index (κ2) is 7.68. The van der Waals surface area contributed by atoms with Crippen molar-refractivity contribution in [1.29, 1.82) is 0 Å². The molecule has 1 aromatic heterocycles. The molecule has 3 aromatic rings. The van der Waals surface area contributed by atoms with Crippen LogP contribution in [0, 0.1) is 0 Å². The lowest BCUT2D eigenvalue weighted by Crippen LogP contribution is -2.22. The number of ether oxygens (including phenoxy) is 1. The second-order valence-corrected chi connectivity index (χ2v) is 5.72. The number of para-hydroxylation sites is 1. The van der Waals surface area contributed by atoms with Gasteiger partial charge in [-0.1, -0.05) is 30.3 Å². The van der Waals surface area contributed by atoms with E-state index in [-0.39, 0.29) is 5.91 Å². The third kappa shape index (κ3) is 3.96. The molecule has 0 aliphatic carbocycles.